The van der Waals surface area contributed by atoms with E-state index in [0.29, 0.717) is 12.7 Å². The molecule has 0 aromatic carbocycles. The lowest BCUT2D eigenvalue weighted by molar-refractivity contribution is -0.344. The van der Waals surface area contributed by atoms with E-state index in [4.69, 9.17) is 37.9 Å². The lowest BCUT2D eigenvalue weighted by Crippen LogP contribution is -2.66. The van der Waals surface area contributed by atoms with E-state index in [1.165, 1.54) is 14.0 Å². The van der Waals surface area contributed by atoms with Crippen molar-refractivity contribution in [3.63, 3.8) is 0 Å². The highest BCUT2D eigenvalue weighted by molar-refractivity contribution is 5.72. The molecule has 16 atom stereocenters. The number of aldehydes is 1. The minimum absolute atomic E-state index is 0.0460. The van der Waals surface area contributed by atoms with Gasteiger partial charge in [-0.05, 0) is 66.0 Å². The first-order valence-corrected chi connectivity index (χ1v) is 20.4. The van der Waals surface area contributed by atoms with Crippen LogP contribution in [0.25, 0.3) is 0 Å². The Hall–Kier alpha value is -2.80. The molecule has 332 valence electrons. The van der Waals surface area contributed by atoms with Crippen molar-refractivity contribution in [2.24, 2.45) is 17.8 Å². The van der Waals surface area contributed by atoms with Crippen LogP contribution in [0.4, 0.5) is 0 Å². The number of cyclic esters (lactones) is 1. The second kappa shape index (κ2) is 22.7. The standard InChI is InChI=1S/C42H69NO15/c1-23(2)19-32(47)56-40-27(6)53-34(22-42(40,8)50)57-37-26(5)54-41(36(49)35(37)43(9)10)58-38-29(17-18-44)20-24(3)30(46)16-14-12-13-15-25(4)52-33(48)21-31(39(38)51-11)55-28(7)45/h12-14,16,18,23-27,29-31,34-41,46,49-50H,15,17,19-22H2,1-11H3/b13-12+,16-14+/t24-,25-,26+,27-,29+,30+,31-,34+,35+,36-,37-,38+,39+,40+,41+,42-/m1/s1. The van der Waals surface area contributed by atoms with E-state index in [-0.39, 0.29) is 31.6 Å². The molecular formula is C42H69NO15. The topological polar surface area (TPSA) is 206 Å². The zero-order valence-corrected chi connectivity index (χ0v) is 36.1. The molecule has 0 radical (unpaired) electrons. The fraction of sp³-hybridized carbons (Fsp3) is 0.810. The SMILES string of the molecule is CO[C@@H]1[C@@H](O[C@@H]2O[C@@H](C)[C@@H](O[C@H]3C[C@@](C)(O)[C@@H](OC(=O)CC(C)C)[C@@H](C)O3)[C@@H](N(C)C)[C@H]2O)[C@@H](CC=O)C[C@@H](C)[C@@H](O)/C=C/C=C/C[C@@H](C)OC(=O)C[C@H]1OC(C)=O. The highest BCUT2D eigenvalue weighted by Gasteiger charge is 2.53. The average molecular weight is 828 g/mol. The molecule has 0 aromatic heterocycles. The van der Waals surface area contributed by atoms with Gasteiger partial charge < -0.3 is 62.9 Å². The van der Waals surface area contributed by atoms with Crippen LogP contribution in [0.2, 0.25) is 0 Å². The summed E-state index contributed by atoms with van der Waals surface area (Å²) in [6, 6.07) is -0.782. The zero-order chi connectivity index (χ0) is 43.5. The fourth-order valence-corrected chi connectivity index (χ4v) is 8.08. The molecule has 58 heavy (non-hydrogen) atoms. The van der Waals surface area contributed by atoms with Crippen molar-refractivity contribution < 1.29 is 72.4 Å². The van der Waals surface area contributed by atoms with Crippen LogP contribution in [-0.2, 0) is 57.1 Å². The molecule has 3 aliphatic heterocycles. The quantitative estimate of drug-likeness (QED) is 0.147. The Morgan fingerprint density at radius 1 is 1.02 bits per heavy atom. The van der Waals surface area contributed by atoms with Crippen molar-refractivity contribution in [1.82, 2.24) is 4.90 Å². The maximum Gasteiger partial charge on any atom is 0.309 e. The number of hydrogen-bond donors (Lipinski definition) is 3. The first-order valence-electron chi connectivity index (χ1n) is 20.4. The van der Waals surface area contributed by atoms with Gasteiger partial charge in [0.2, 0.25) is 0 Å². The molecule has 16 nitrogen and oxygen atoms in total. The van der Waals surface area contributed by atoms with E-state index in [1.54, 1.807) is 71.0 Å². The third kappa shape index (κ3) is 14.2. The normalized spacial score (nSPS) is 40.7. The molecule has 3 N–H and O–H groups in total. The zero-order valence-electron chi connectivity index (χ0n) is 36.1. The number of likely N-dealkylation sites (N-methyl/N-ethyl adjacent to an activating group) is 1. The lowest BCUT2D eigenvalue weighted by atomic mass is 9.82. The molecule has 2 fully saturated rings. The first-order chi connectivity index (χ1) is 27.2. The second-order valence-corrected chi connectivity index (χ2v) is 17.0. The van der Waals surface area contributed by atoms with Crippen LogP contribution >= 0.6 is 0 Å². The van der Waals surface area contributed by atoms with Crippen LogP contribution in [0.3, 0.4) is 0 Å². The monoisotopic (exact) mass is 827 g/mol. The maximum atomic E-state index is 13.2. The summed E-state index contributed by atoms with van der Waals surface area (Å²) in [7, 11) is 4.86. The Bertz CT molecular complexity index is 1390. The number of carbonyl (C=O) groups is 4. The van der Waals surface area contributed by atoms with E-state index < -0.39 is 121 Å². The van der Waals surface area contributed by atoms with Gasteiger partial charge in [-0.15, -0.1) is 0 Å². The molecule has 0 aromatic rings. The van der Waals surface area contributed by atoms with Gasteiger partial charge in [0.1, 0.15) is 42.4 Å². The van der Waals surface area contributed by atoms with Crippen molar-refractivity contribution in [3.05, 3.63) is 24.3 Å². The van der Waals surface area contributed by atoms with Crippen LogP contribution in [0.5, 0.6) is 0 Å². The highest BCUT2D eigenvalue weighted by atomic mass is 16.7. The molecule has 3 heterocycles. The number of ether oxygens (including phenoxy) is 8. The smallest absolute Gasteiger partial charge is 0.309 e. The summed E-state index contributed by atoms with van der Waals surface area (Å²) in [5, 5.41) is 34.6. The summed E-state index contributed by atoms with van der Waals surface area (Å²) in [6.45, 7) is 13.5. The fourth-order valence-electron chi connectivity index (χ4n) is 8.08. The summed E-state index contributed by atoms with van der Waals surface area (Å²) in [5.74, 6) is -2.82. The van der Waals surface area contributed by atoms with Gasteiger partial charge in [-0.2, -0.15) is 0 Å². The number of aliphatic hydroxyl groups excluding tert-OH is 2. The number of esters is 3. The van der Waals surface area contributed by atoms with Crippen molar-refractivity contribution in [2.75, 3.05) is 21.2 Å². The van der Waals surface area contributed by atoms with Crippen LogP contribution in [0, 0.1) is 17.8 Å². The Morgan fingerprint density at radius 2 is 1.71 bits per heavy atom. The van der Waals surface area contributed by atoms with E-state index >= 15 is 0 Å². The largest absolute Gasteiger partial charge is 0.462 e. The molecule has 0 aliphatic carbocycles. The predicted octanol–water partition coefficient (Wildman–Crippen LogP) is 3.01. The van der Waals surface area contributed by atoms with Gasteiger partial charge in [0.15, 0.2) is 18.7 Å². The second-order valence-electron chi connectivity index (χ2n) is 17.0. The van der Waals surface area contributed by atoms with Gasteiger partial charge in [0, 0.05) is 39.7 Å². The molecule has 3 rings (SSSR count). The molecular weight excluding hydrogens is 758 g/mol. The molecule has 3 aliphatic rings. The van der Waals surface area contributed by atoms with Crippen LogP contribution in [0.15, 0.2) is 24.3 Å². The van der Waals surface area contributed by atoms with Gasteiger partial charge >= 0.3 is 17.9 Å². The number of rotatable bonds is 12. The van der Waals surface area contributed by atoms with E-state index in [1.807, 2.05) is 20.8 Å². The van der Waals surface area contributed by atoms with Crippen LogP contribution in [-0.4, -0.2) is 151 Å². The number of hydrogen-bond acceptors (Lipinski definition) is 16. The Kier molecular flexibility index (Phi) is 19.4. The van der Waals surface area contributed by atoms with Gasteiger partial charge in [0.05, 0.1) is 36.9 Å². The van der Waals surface area contributed by atoms with Gasteiger partial charge in [-0.25, -0.2) is 0 Å². The predicted molar refractivity (Wildman–Crippen MR) is 210 cm³/mol. The van der Waals surface area contributed by atoms with E-state index in [2.05, 4.69) is 0 Å². The minimum atomic E-state index is -1.50. The third-order valence-corrected chi connectivity index (χ3v) is 10.9. The first kappa shape index (κ1) is 49.6. The molecule has 0 unspecified atom stereocenters. The van der Waals surface area contributed by atoms with E-state index in [9.17, 15) is 34.5 Å². The number of methoxy groups -OCH3 is 1. The molecule has 2 saturated heterocycles. The molecule has 0 saturated carbocycles. The summed E-state index contributed by atoms with van der Waals surface area (Å²) in [5.41, 5.74) is -1.50. The molecule has 0 amide bonds. The Morgan fingerprint density at radius 3 is 2.29 bits per heavy atom. The van der Waals surface area contributed by atoms with Crippen LogP contribution in [0.1, 0.15) is 93.9 Å². The summed E-state index contributed by atoms with van der Waals surface area (Å²) in [6.07, 6.45) is -4.11. The van der Waals surface area contributed by atoms with E-state index in [0.717, 1.165) is 0 Å². The Balaban J connectivity index is 1.98. The molecule has 0 spiro atoms. The molecule has 16 heteroatoms. The average Bonchev–Trinajstić information content (AvgIpc) is 3.09. The highest BCUT2D eigenvalue weighted by Crippen LogP contribution is 2.38. The summed E-state index contributed by atoms with van der Waals surface area (Å²) < 4.78 is 48.6. The van der Waals surface area contributed by atoms with Crippen molar-refractivity contribution in [3.8, 4) is 0 Å². The maximum absolute atomic E-state index is 13.2. The number of allylic oxidation sites excluding steroid dienone is 2. The number of nitrogens with zero attached hydrogens (tertiary/aromatic N) is 1. The lowest BCUT2D eigenvalue weighted by Gasteiger charge is -2.50. The van der Waals surface area contributed by atoms with Crippen LogP contribution < -0.4 is 0 Å². The van der Waals surface area contributed by atoms with Crippen molar-refractivity contribution >= 4 is 24.2 Å². The van der Waals surface area contributed by atoms with Crippen molar-refractivity contribution in [1.29, 1.82) is 0 Å². The minimum Gasteiger partial charge on any atom is -0.462 e. The van der Waals surface area contributed by atoms with Gasteiger partial charge in [-0.1, -0.05) is 45.1 Å². The summed E-state index contributed by atoms with van der Waals surface area (Å²) >= 11 is 0. The molecule has 0 bridgehead atoms. The third-order valence-electron chi connectivity index (χ3n) is 10.9. The van der Waals surface area contributed by atoms with Gasteiger partial charge in [0.25, 0.3) is 0 Å². The summed E-state index contributed by atoms with van der Waals surface area (Å²) in [4.78, 5) is 52.3. The Labute approximate surface area is 343 Å². The number of carbonyl (C=O) groups excluding carboxylic acids is 4. The van der Waals surface area contributed by atoms with Gasteiger partial charge in [-0.3, -0.25) is 14.4 Å². The van der Waals surface area contributed by atoms with Crippen molar-refractivity contribution in [2.45, 2.75) is 179 Å². The number of aliphatic hydroxyl groups is 3.